The molecule has 7 heteroatoms. The lowest BCUT2D eigenvalue weighted by Crippen LogP contribution is -2.27. The van der Waals surface area contributed by atoms with Gasteiger partial charge in [-0.2, -0.15) is 8.42 Å². The number of hydrogen-bond donors (Lipinski definition) is 1. The second-order valence-corrected chi connectivity index (χ2v) is 12.5. The highest BCUT2D eigenvalue weighted by atomic mass is 32.2. The zero-order valence-electron chi connectivity index (χ0n) is 21.4. The van der Waals surface area contributed by atoms with E-state index in [1.165, 1.54) is 0 Å². The minimum Gasteiger partial charge on any atom is -0.379 e. The molecule has 0 atom stereocenters. The number of nitrogens with one attached hydrogen (secondary N) is 1. The molecule has 2 aromatic carbocycles. The first-order valence-corrected chi connectivity index (χ1v) is 13.1. The van der Waals surface area contributed by atoms with Crippen molar-refractivity contribution in [1.82, 2.24) is 9.38 Å². The number of aromatic nitrogens is 2. The van der Waals surface area contributed by atoms with Crippen LogP contribution in [-0.2, 0) is 15.5 Å². The lowest BCUT2D eigenvalue weighted by molar-refractivity contribution is 0.486. The molecule has 6 nitrogen and oxygen atoms in total. The van der Waals surface area contributed by atoms with Crippen molar-refractivity contribution in [3.05, 3.63) is 78.0 Å². The van der Waals surface area contributed by atoms with Gasteiger partial charge in [-0.15, -0.1) is 0 Å². The Hall–Kier alpha value is -3.32. The Morgan fingerprint density at radius 1 is 0.914 bits per heavy atom. The third-order valence-electron chi connectivity index (χ3n) is 5.60. The first-order valence-electron chi connectivity index (χ1n) is 11.7. The summed E-state index contributed by atoms with van der Waals surface area (Å²) < 4.78 is 33.5. The van der Waals surface area contributed by atoms with E-state index in [-0.39, 0.29) is 21.6 Å². The number of fused-ring (bicyclic) bond motifs is 1. The summed E-state index contributed by atoms with van der Waals surface area (Å²) in [4.78, 5) is 4.97. The molecule has 0 saturated carbocycles. The normalized spacial score (nSPS) is 12.7. The number of imidazole rings is 1. The van der Waals surface area contributed by atoms with Gasteiger partial charge in [0.2, 0.25) is 0 Å². The zero-order chi connectivity index (χ0) is 25.6. The van der Waals surface area contributed by atoms with E-state index < -0.39 is 10.1 Å². The van der Waals surface area contributed by atoms with Crippen molar-refractivity contribution in [1.29, 1.82) is 0 Å². The van der Waals surface area contributed by atoms with Gasteiger partial charge in [-0.05, 0) is 80.6 Å². The second kappa shape index (κ2) is 8.72. The molecule has 0 bridgehead atoms. The fourth-order valence-corrected chi connectivity index (χ4v) is 4.74. The topological polar surface area (TPSA) is 72.7 Å². The molecular formula is C28H33N3O3S. The highest BCUT2D eigenvalue weighted by molar-refractivity contribution is 7.87. The van der Waals surface area contributed by atoms with E-state index in [0.717, 1.165) is 33.8 Å². The summed E-state index contributed by atoms with van der Waals surface area (Å²) in [5, 5.41) is 3.54. The fourth-order valence-electron chi connectivity index (χ4n) is 3.81. The molecule has 0 aliphatic carbocycles. The molecule has 2 heterocycles. The Morgan fingerprint density at radius 2 is 1.60 bits per heavy atom. The van der Waals surface area contributed by atoms with Gasteiger partial charge in [-0.1, -0.05) is 45.0 Å². The molecule has 35 heavy (non-hydrogen) atoms. The van der Waals surface area contributed by atoms with E-state index in [1.807, 2.05) is 47.9 Å². The average molecular weight is 492 g/mol. The quantitative estimate of drug-likeness (QED) is 0.319. The Morgan fingerprint density at radius 3 is 2.23 bits per heavy atom. The smallest absolute Gasteiger partial charge is 0.339 e. The summed E-state index contributed by atoms with van der Waals surface area (Å²) in [5.41, 5.74) is 4.19. The summed E-state index contributed by atoms with van der Waals surface area (Å²) in [6.45, 7) is 14.5. The largest absolute Gasteiger partial charge is 0.379 e. The third kappa shape index (κ3) is 5.51. The van der Waals surface area contributed by atoms with Crippen molar-refractivity contribution >= 4 is 21.6 Å². The van der Waals surface area contributed by atoms with Crippen LogP contribution >= 0.6 is 0 Å². The van der Waals surface area contributed by atoms with E-state index >= 15 is 0 Å². The third-order valence-corrected chi connectivity index (χ3v) is 6.86. The predicted molar refractivity (Wildman–Crippen MR) is 142 cm³/mol. The highest BCUT2D eigenvalue weighted by Crippen LogP contribution is 2.33. The molecule has 0 amide bonds. The Bertz CT molecular complexity index is 1470. The number of aryl methyl sites for hydroxylation is 1. The van der Waals surface area contributed by atoms with Gasteiger partial charge < -0.3 is 9.50 Å². The lowest BCUT2D eigenvalue weighted by Gasteiger charge is -2.22. The van der Waals surface area contributed by atoms with Crippen LogP contribution in [0.2, 0.25) is 0 Å². The van der Waals surface area contributed by atoms with Gasteiger partial charge in [0.25, 0.3) is 0 Å². The van der Waals surface area contributed by atoms with Crippen molar-refractivity contribution in [3.63, 3.8) is 0 Å². The maximum absolute atomic E-state index is 13.0. The minimum atomic E-state index is -3.98. The molecular weight excluding hydrogens is 458 g/mol. The van der Waals surface area contributed by atoms with Gasteiger partial charge in [0.15, 0.2) is 0 Å². The van der Waals surface area contributed by atoms with Crippen LogP contribution in [0.3, 0.4) is 0 Å². The maximum Gasteiger partial charge on any atom is 0.339 e. The highest BCUT2D eigenvalue weighted by Gasteiger charge is 2.22. The van der Waals surface area contributed by atoms with Gasteiger partial charge in [-0.25, -0.2) is 4.98 Å². The summed E-state index contributed by atoms with van der Waals surface area (Å²) in [5.74, 6) is 1.07. The summed E-state index contributed by atoms with van der Waals surface area (Å²) >= 11 is 0. The zero-order valence-corrected chi connectivity index (χ0v) is 22.2. The summed E-state index contributed by atoms with van der Waals surface area (Å²) in [7, 11) is -3.98. The molecule has 0 saturated heterocycles. The van der Waals surface area contributed by atoms with Crippen LogP contribution in [0, 0.1) is 6.92 Å². The Labute approximate surface area is 208 Å². The standard InChI is InChI=1S/C28H33N3O3S/c1-19-15-16-31-24(17-19)29-25(26(31)30-28(5,6)7)20-9-8-10-22(18-20)34-35(32,33)23-13-11-21(12-14-23)27(2,3)4/h8-18,30H,1-7H3. The maximum atomic E-state index is 13.0. The van der Waals surface area contributed by atoms with E-state index in [0.29, 0.717) is 0 Å². The first-order chi connectivity index (χ1) is 16.2. The Balaban J connectivity index is 1.71. The number of anilines is 1. The van der Waals surface area contributed by atoms with Crippen molar-refractivity contribution in [2.45, 2.75) is 64.3 Å². The van der Waals surface area contributed by atoms with Gasteiger partial charge in [-0.3, -0.25) is 4.40 Å². The first kappa shape index (κ1) is 24.8. The van der Waals surface area contributed by atoms with E-state index in [4.69, 9.17) is 9.17 Å². The van der Waals surface area contributed by atoms with Crippen molar-refractivity contribution in [2.24, 2.45) is 0 Å². The molecule has 2 aromatic heterocycles. The molecule has 184 valence electrons. The Kier molecular flexibility index (Phi) is 6.18. The molecule has 0 fully saturated rings. The summed E-state index contributed by atoms with van der Waals surface area (Å²) in [6, 6.07) is 17.9. The molecule has 0 spiro atoms. The van der Waals surface area contributed by atoms with Crippen LogP contribution in [0.15, 0.2) is 71.8 Å². The van der Waals surface area contributed by atoms with Crippen molar-refractivity contribution in [3.8, 4) is 17.0 Å². The molecule has 4 aromatic rings. The number of pyridine rings is 1. The van der Waals surface area contributed by atoms with Gasteiger partial charge in [0.1, 0.15) is 27.8 Å². The van der Waals surface area contributed by atoms with Crippen LogP contribution < -0.4 is 9.50 Å². The van der Waals surface area contributed by atoms with Gasteiger partial charge in [0.05, 0.1) is 0 Å². The molecule has 0 aliphatic rings. The number of nitrogens with zero attached hydrogens (tertiary/aromatic N) is 2. The van der Waals surface area contributed by atoms with E-state index in [1.54, 1.807) is 30.3 Å². The van der Waals surface area contributed by atoms with Crippen LogP contribution in [0.5, 0.6) is 5.75 Å². The molecule has 0 unspecified atom stereocenters. The molecule has 0 radical (unpaired) electrons. The average Bonchev–Trinajstić information content (AvgIpc) is 3.09. The van der Waals surface area contributed by atoms with Crippen LogP contribution in [-0.4, -0.2) is 23.3 Å². The number of benzene rings is 2. The number of rotatable bonds is 5. The molecule has 0 aliphatic heterocycles. The fraction of sp³-hybridized carbons (Fsp3) is 0.321. The van der Waals surface area contributed by atoms with E-state index in [9.17, 15) is 8.42 Å². The van der Waals surface area contributed by atoms with Gasteiger partial charge in [0, 0.05) is 17.3 Å². The van der Waals surface area contributed by atoms with Crippen molar-refractivity contribution < 1.29 is 12.6 Å². The monoisotopic (exact) mass is 491 g/mol. The second-order valence-electron chi connectivity index (χ2n) is 11.0. The summed E-state index contributed by atoms with van der Waals surface area (Å²) in [6.07, 6.45) is 1.99. The number of hydrogen-bond acceptors (Lipinski definition) is 5. The lowest BCUT2D eigenvalue weighted by atomic mass is 9.87. The van der Waals surface area contributed by atoms with Crippen LogP contribution in [0.4, 0.5) is 5.82 Å². The van der Waals surface area contributed by atoms with E-state index in [2.05, 4.69) is 46.9 Å². The van der Waals surface area contributed by atoms with Crippen LogP contribution in [0.1, 0.15) is 52.7 Å². The van der Waals surface area contributed by atoms with Crippen molar-refractivity contribution in [2.75, 3.05) is 5.32 Å². The minimum absolute atomic E-state index is 0.0666. The molecule has 1 N–H and O–H groups in total. The van der Waals surface area contributed by atoms with Gasteiger partial charge >= 0.3 is 10.1 Å². The molecule has 4 rings (SSSR count). The predicted octanol–water partition coefficient (Wildman–Crippen LogP) is 6.59. The van der Waals surface area contributed by atoms with Crippen LogP contribution in [0.25, 0.3) is 16.9 Å². The SMILES string of the molecule is Cc1ccn2c(NC(C)(C)C)c(-c3cccc(OS(=O)(=O)c4ccc(C(C)(C)C)cc4)c3)nc2c1.